The number of carboxylic acid groups (broad SMARTS) is 1. The van der Waals surface area contributed by atoms with Gasteiger partial charge in [0, 0.05) is 62.7 Å². The number of carbonyl (C=O) groups excluding carboxylic acids is 7. The molecule has 1 saturated heterocycles. The first kappa shape index (κ1) is 50.4. The van der Waals surface area contributed by atoms with Gasteiger partial charge in [0.25, 0.3) is 11.8 Å². The van der Waals surface area contributed by atoms with E-state index >= 15 is 4.39 Å². The summed E-state index contributed by atoms with van der Waals surface area (Å²) in [6, 6.07) is 4.12. The van der Waals surface area contributed by atoms with E-state index in [1.807, 2.05) is 0 Å². The number of benzene rings is 2. The van der Waals surface area contributed by atoms with Crippen LogP contribution in [0.5, 0.6) is 0 Å². The quantitative estimate of drug-likeness (QED) is 0.0559. The third-order valence-corrected chi connectivity index (χ3v) is 12.2. The Labute approximate surface area is 395 Å². The van der Waals surface area contributed by atoms with E-state index in [1.54, 1.807) is 47.6 Å². The average Bonchev–Trinajstić information content (AvgIpc) is 3.96. The summed E-state index contributed by atoms with van der Waals surface area (Å²) in [6.45, 7) is 4.24. The molecule has 0 bridgehead atoms. The van der Waals surface area contributed by atoms with Crippen molar-refractivity contribution in [3.63, 3.8) is 0 Å². The van der Waals surface area contributed by atoms with Crippen LogP contribution in [0.15, 0.2) is 53.5 Å². The number of pyridine rings is 1. The predicted molar refractivity (Wildman–Crippen MR) is 247 cm³/mol. The number of nitrogens with one attached hydrogen (secondary N) is 5. The lowest BCUT2D eigenvalue weighted by molar-refractivity contribution is -0.137. The maximum atomic E-state index is 15.6. The monoisotopic (exact) mass is 963 g/mol. The molecule has 1 saturated carbocycles. The number of carbonyl (C=O) groups is 8. The summed E-state index contributed by atoms with van der Waals surface area (Å²) in [5.41, 5.74) is 5.14. The second-order valence-corrected chi connectivity index (χ2v) is 17.7. The molecule has 3 aliphatic rings. The molecule has 8 amide bonds. The smallest absolute Gasteiger partial charge is 0.407 e. The fraction of sp³-hybridized carbons (Fsp3) is 0.457. The number of hydrogen-bond donors (Lipinski definition) is 7. The number of fused-ring (bicyclic) bond motifs is 1. The number of alkyl carbamates (subject to hydrolysis) is 1. The lowest BCUT2D eigenvalue weighted by atomic mass is 10.0. The van der Waals surface area contributed by atoms with E-state index in [0.717, 1.165) is 23.8 Å². The number of aromatic carboxylic acids is 1. The van der Waals surface area contributed by atoms with Crippen LogP contribution >= 0.6 is 11.6 Å². The van der Waals surface area contributed by atoms with Crippen LogP contribution in [0.2, 0.25) is 5.02 Å². The molecule has 1 aliphatic carbocycles. The molecule has 2 aliphatic heterocycles. The minimum Gasteiger partial charge on any atom is -0.477 e. The van der Waals surface area contributed by atoms with Crippen molar-refractivity contribution < 1.29 is 52.6 Å². The van der Waals surface area contributed by atoms with E-state index in [9.17, 15) is 48.3 Å². The summed E-state index contributed by atoms with van der Waals surface area (Å²) >= 11 is 6.78. The van der Waals surface area contributed by atoms with Gasteiger partial charge in [0.1, 0.15) is 30.1 Å². The van der Waals surface area contributed by atoms with Crippen molar-refractivity contribution in [2.75, 3.05) is 36.4 Å². The van der Waals surface area contributed by atoms with Crippen LogP contribution in [0.3, 0.4) is 0 Å². The Morgan fingerprint density at radius 2 is 1.65 bits per heavy atom. The number of amides is 8. The first-order chi connectivity index (χ1) is 32.4. The van der Waals surface area contributed by atoms with Gasteiger partial charge < -0.3 is 51.6 Å². The molecular weight excluding hydrogens is 909 g/mol. The molecule has 3 aromatic rings. The van der Waals surface area contributed by atoms with Crippen LogP contribution in [0.1, 0.15) is 93.6 Å². The third-order valence-electron chi connectivity index (χ3n) is 11.8. The molecule has 3 atom stereocenters. The highest BCUT2D eigenvalue weighted by molar-refractivity contribution is 6.38. The van der Waals surface area contributed by atoms with E-state index in [1.165, 1.54) is 18.3 Å². The molecule has 6 rings (SSSR count). The number of imide groups is 1. The summed E-state index contributed by atoms with van der Waals surface area (Å²) in [5, 5.41) is 22.9. The van der Waals surface area contributed by atoms with Gasteiger partial charge >= 0.3 is 18.1 Å². The summed E-state index contributed by atoms with van der Waals surface area (Å²) in [4.78, 5) is 115. The number of rotatable bonds is 22. The zero-order chi connectivity index (χ0) is 49.2. The number of hydrogen-bond acceptors (Lipinski definition) is 11. The molecule has 20 nitrogen and oxygen atoms in total. The number of anilines is 2. The molecule has 0 radical (unpaired) electrons. The molecule has 2 unspecified atom stereocenters. The van der Waals surface area contributed by atoms with E-state index in [-0.39, 0.29) is 96.8 Å². The first-order valence-corrected chi connectivity index (χ1v) is 22.8. The normalized spacial score (nSPS) is 16.5. The van der Waals surface area contributed by atoms with Crippen molar-refractivity contribution >= 4 is 81.5 Å². The zero-order valence-electron chi connectivity index (χ0n) is 37.6. The Hall–Kier alpha value is -7.03. The number of nitrogens with zero attached hydrogens (tertiary/aromatic N) is 3. The molecule has 1 aromatic heterocycles. The van der Waals surface area contributed by atoms with Gasteiger partial charge in [-0.05, 0) is 74.6 Å². The maximum absolute atomic E-state index is 15.6. The minimum absolute atomic E-state index is 0.0180. The number of unbranched alkanes of at least 4 members (excludes halogenated alkanes) is 2. The van der Waals surface area contributed by atoms with Crippen LogP contribution in [-0.4, -0.2) is 107 Å². The lowest BCUT2D eigenvalue weighted by Crippen LogP contribution is -2.54. The van der Waals surface area contributed by atoms with Crippen LogP contribution < -0.4 is 42.6 Å². The first-order valence-electron chi connectivity index (χ1n) is 22.5. The molecule has 68 heavy (non-hydrogen) atoms. The van der Waals surface area contributed by atoms with Crippen molar-refractivity contribution in [3.8, 4) is 0 Å². The largest absolute Gasteiger partial charge is 0.477 e. The van der Waals surface area contributed by atoms with Gasteiger partial charge in [-0.2, -0.15) is 0 Å². The number of nitrogens with two attached hydrogens (primary N) is 1. The van der Waals surface area contributed by atoms with Crippen LogP contribution in [-0.2, 0) is 35.3 Å². The van der Waals surface area contributed by atoms with Gasteiger partial charge in [-0.3, -0.25) is 33.7 Å². The number of aromatic nitrogens is 1. The number of primary amides is 1. The molecular formula is C46H55ClFN9O11. The maximum Gasteiger partial charge on any atom is 0.407 e. The zero-order valence-corrected chi connectivity index (χ0v) is 38.4. The van der Waals surface area contributed by atoms with Crippen molar-refractivity contribution in [1.82, 2.24) is 30.7 Å². The van der Waals surface area contributed by atoms with E-state index in [4.69, 9.17) is 22.1 Å². The summed E-state index contributed by atoms with van der Waals surface area (Å²) < 4.78 is 22.7. The Kier molecular flexibility index (Phi) is 16.8. The molecule has 8 N–H and O–H groups in total. The Morgan fingerprint density at radius 3 is 2.29 bits per heavy atom. The Bertz CT molecular complexity index is 2530. The lowest BCUT2D eigenvalue weighted by Gasteiger charge is -2.25. The standard InChI is InChI=1S/C46H55ClFN9O11/c1-25(2)38(54-34(58)8-4-3-5-19-56-35(59)15-16-36(56)60)43(63)53-33(7-6-18-50-45(49)66)42(62)51-27-11-9-26(10-12-27)24-68-46(67)52-28-17-20-55(22-28)40-32(48)21-30-39(37(40)47)57(29-13-14-29)23-31(41(30)61)44(64)65/h9-12,15-16,21,23,25,28-29,33,38H,3-8,13-14,17-20,22,24H2,1-2H3,(H,51,62)(H,52,67)(H,53,63)(H,54,58)(H,64,65)(H3,49,50,66)/t28?,33-,38?/m0/s1. The number of halogens is 2. The molecule has 22 heteroatoms. The number of ether oxygens (including phenoxy) is 1. The van der Waals surface area contributed by atoms with Crippen LogP contribution in [0, 0.1) is 11.7 Å². The molecule has 2 fully saturated rings. The topological polar surface area (TPSA) is 281 Å². The van der Waals surface area contributed by atoms with Gasteiger partial charge in [0.2, 0.25) is 23.2 Å². The molecule has 364 valence electrons. The van der Waals surface area contributed by atoms with Gasteiger partial charge in [0.05, 0.1) is 27.7 Å². The van der Waals surface area contributed by atoms with Crippen molar-refractivity contribution in [1.29, 1.82) is 0 Å². The molecule has 0 spiro atoms. The SMILES string of the molecule is CC(C)C(NC(=O)CCCCCN1C(=O)C=CC1=O)C(=O)N[C@@H](CCCNC(N)=O)C(=O)Nc1ccc(COC(=O)NC2CCN(c3c(F)cc4c(=O)c(C(=O)O)cn(C5CC5)c4c3Cl)C2)cc1. The third kappa shape index (κ3) is 12.9. The van der Waals surface area contributed by atoms with E-state index < -0.39 is 64.8 Å². The van der Waals surface area contributed by atoms with E-state index in [2.05, 4.69) is 26.6 Å². The van der Waals surface area contributed by atoms with Crippen LogP contribution in [0.25, 0.3) is 10.9 Å². The van der Waals surface area contributed by atoms with Crippen molar-refractivity contribution in [2.24, 2.45) is 11.7 Å². The fourth-order valence-corrected chi connectivity index (χ4v) is 8.49. The fourth-order valence-electron chi connectivity index (χ4n) is 8.08. The van der Waals surface area contributed by atoms with E-state index in [0.29, 0.717) is 43.5 Å². The Balaban J connectivity index is 0.987. The summed E-state index contributed by atoms with van der Waals surface area (Å²) in [6.07, 6.45) is 6.92. The number of urea groups is 1. The predicted octanol–water partition coefficient (Wildman–Crippen LogP) is 3.83. The van der Waals surface area contributed by atoms with Crippen molar-refractivity contribution in [3.05, 3.63) is 80.9 Å². The number of carboxylic acids is 1. The Morgan fingerprint density at radius 1 is 0.941 bits per heavy atom. The molecule has 3 heterocycles. The van der Waals surface area contributed by atoms with Crippen LogP contribution in [0.4, 0.5) is 25.4 Å². The summed E-state index contributed by atoms with van der Waals surface area (Å²) in [5.74, 6) is -4.83. The average molecular weight is 964 g/mol. The van der Waals surface area contributed by atoms with Gasteiger partial charge in [-0.1, -0.05) is 44.0 Å². The highest BCUT2D eigenvalue weighted by Crippen LogP contribution is 2.42. The summed E-state index contributed by atoms with van der Waals surface area (Å²) in [7, 11) is 0. The van der Waals surface area contributed by atoms with Gasteiger partial charge in [-0.25, -0.2) is 18.8 Å². The highest BCUT2D eigenvalue weighted by Gasteiger charge is 2.34. The second kappa shape index (κ2) is 22.6. The molecule has 2 aromatic carbocycles. The minimum atomic E-state index is -1.41. The highest BCUT2D eigenvalue weighted by atomic mass is 35.5. The second-order valence-electron chi connectivity index (χ2n) is 17.3. The van der Waals surface area contributed by atoms with Crippen molar-refractivity contribution in [2.45, 2.75) is 102 Å². The van der Waals surface area contributed by atoms with Gasteiger partial charge in [-0.15, -0.1) is 0 Å². The van der Waals surface area contributed by atoms with Gasteiger partial charge in [0.15, 0.2) is 0 Å².